The molecule has 0 bridgehead atoms. The summed E-state index contributed by atoms with van der Waals surface area (Å²) in [7, 11) is 0. The van der Waals surface area contributed by atoms with Gasteiger partial charge in [-0.1, -0.05) is 34.5 Å². The molecule has 2 aromatic rings. The number of hydrogen-bond donors (Lipinski definition) is 1. The van der Waals surface area contributed by atoms with Crippen molar-refractivity contribution < 1.29 is 9.32 Å². The number of nitrogens with zero attached hydrogens (tertiary/aromatic N) is 2. The number of aryl methyl sites for hydroxylation is 3. The van der Waals surface area contributed by atoms with E-state index in [9.17, 15) is 4.79 Å². The Kier molecular flexibility index (Phi) is 4.37. The van der Waals surface area contributed by atoms with E-state index in [1.807, 2.05) is 11.8 Å². The summed E-state index contributed by atoms with van der Waals surface area (Å²) in [4.78, 5) is 14.2. The highest BCUT2D eigenvalue weighted by atomic mass is 16.5. The number of rotatable bonds is 2. The molecule has 23 heavy (non-hydrogen) atoms. The fourth-order valence-corrected chi connectivity index (χ4v) is 3.27. The summed E-state index contributed by atoms with van der Waals surface area (Å²) in [6.07, 6.45) is 3.47. The van der Waals surface area contributed by atoms with Crippen LogP contribution in [-0.4, -0.2) is 29.2 Å². The van der Waals surface area contributed by atoms with Crippen LogP contribution in [0.15, 0.2) is 29.0 Å². The second kappa shape index (κ2) is 6.44. The first-order valence-electron chi connectivity index (χ1n) is 8.08. The van der Waals surface area contributed by atoms with Crippen LogP contribution in [0.3, 0.4) is 0 Å². The highest BCUT2D eigenvalue weighted by molar-refractivity contribution is 5.89. The highest BCUT2D eigenvalue weighted by Crippen LogP contribution is 2.29. The molecule has 0 spiro atoms. The molecule has 1 aliphatic heterocycles. The molecule has 122 valence electrons. The predicted octanol–water partition coefficient (Wildman–Crippen LogP) is 4.01. The van der Waals surface area contributed by atoms with Gasteiger partial charge in [-0.05, 0) is 45.1 Å². The van der Waals surface area contributed by atoms with Crippen molar-refractivity contribution in [3.63, 3.8) is 0 Å². The van der Waals surface area contributed by atoms with E-state index in [-0.39, 0.29) is 6.03 Å². The zero-order valence-corrected chi connectivity index (χ0v) is 13.9. The smallest absolute Gasteiger partial charge is 0.321 e. The lowest BCUT2D eigenvalue weighted by Crippen LogP contribution is -2.40. The number of hydrogen-bond acceptors (Lipinski definition) is 3. The predicted molar refractivity (Wildman–Crippen MR) is 89.7 cm³/mol. The number of carbonyl (C=O) groups excluding carboxylic acids is 1. The minimum atomic E-state index is -0.0739. The zero-order valence-electron chi connectivity index (χ0n) is 13.9. The van der Waals surface area contributed by atoms with Gasteiger partial charge in [0.1, 0.15) is 17.6 Å². The molecule has 0 radical (unpaired) electrons. The lowest BCUT2D eigenvalue weighted by Gasteiger charge is -2.32. The van der Waals surface area contributed by atoms with Crippen LogP contribution in [0.5, 0.6) is 0 Å². The Morgan fingerprint density at radius 3 is 2.39 bits per heavy atom. The number of nitrogens with one attached hydrogen (secondary N) is 1. The Balaban J connectivity index is 1.59. The first kappa shape index (κ1) is 15.6. The molecular weight excluding hydrogens is 290 g/mol. The van der Waals surface area contributed by atoms with E-state index in [0.717, 1.165) is 25.9 Å². The van der Waals surface area contributed by atoms with Crippen molar-refractivity contribution in [1.29, 1.82) is 0 Å². The van der Waals surface area contributed by atoms with E-state index in [1.54, 1.807) is 0 Å². The maximum Gasteiger partial charge on any atom is 0.321 e. The first-order valence-corrected chi connectivity index (χ1v) is 8.08. The quantitative estimate of drug-likeness (QED) is 0.911. The summed E-state index contributed by atoms with van der Waals surface area (Å²) in [5, 5.41) is 6.64. The Labute approximate surface area is 136 Å². The second-order valence-corrected chi connectivity index (χ2v) is 6.43. The Bertz CT molecular complexity index is 680. The van der Waals surface area contributed by atoms with Crippen LogP contribution in [0.2, 0.25) is 0 Å². The van der Waals surface area contributed by atoms with Gasteiger partial charge < -0.3 is 14.7 Å². The number of amides is 2. The number of likely N-dealkylation sites (tertiary alicyclic amines) is 1. The molecule has 5 heteroatoms. The fraction of sp³-hybridized carbons (Fsp3) is 0.444. The molecule has 0 atom stereocenters. The summed E-state index contributed by atoms with van der Waals surface area (Å²) in [5.41, 5.74) is 5.36. The number of piperidine rings is 1. The van der Waals surface area contributed by atoms with Crippen molar-refractivity contribution in [1.82, 2.24) is 10.1 Å². The minimum Gasteiger partial charge on any atom is -0.362 e. The highest BCUT2D eigenvalue weighted by Gasteiger charge is 2.24. The van der Waals surface area contributed by atoms with Crippen molar-refractivity contribution in [2.24, 2.45) is 0 Å². The summed E-state index contributed by atoms with van der Waals surface area (Å²) < 4.78 is 4.85. The van der Waals surface area contributed by atoms with Crippen LogP contribution in [0.25, 0.3) is 0 Å². The average molecular weight is 313 g/mol. The van der Waals surface area contributed by atoms with Gasteiger partial charge >= 0.3 is 6.03 Å². The number of benzene rings is 1. The monoisotopic (exact) mass is 313 g/mol. The lowest BCUT2D eigenvalue weighted by molar-refractivity contribution is 0.194. The van der Waals surface area contributed by atoms with E-state index in [0.29, 0.717) is 17.3 Å². The summed E-state index contributed by atoms with van der Waals surface area (Å²) >= 11 is 0. The van der Waals surface area contributed by atoms with E-state index in [1.165, 1.54) is 23.0 Å². The topological polar surface area (TPSA) is 58.4 Å². The van der Waals surface area contributed by atoms with Gasteiger partial charge in [0.05, 0.1) is 0 Å². The van der Waals surface area contributed by atoms with Crippen molar-refractivity contribution in [2.45, 2.75) is 39.5 Å². The number of aromatic nitrogens is 1. The van der Waals surface area contributed by atoms with Crippen LogP contribution < -0.4 is 5.32 Å². The number of carbonyl (C=O) groups is 1. The van der Waals surface area contributed by atoms with Crippen LogP contribution in [0.1, 0.15) is 41.1 Å². The molecule has 0 unspecified atom stereocenters. The van der Waals surface area contributed by atoms with Crippen LogP contribution in [-0.2, 0) is 0 Å². The molecule has 1 saturated heterocycles. The number of anilines is 1. The first-order chi connectivity index (χ1) is 11.0. The Morgan fingerprint density at radius 2 is 1.83 bits per heavy atom. The van der Waals surface area contributed by atoms with Crippen LogP contribution in [0, 0.1) is 20.8 Å². The molecule has 3 rings (SSSR count). The van der Waals surface area contributed by atoms with Gasteiger partial charge in [-0.3, -0.25) is 0 Å². The summed E-state index contributed by atoms with van der Waals surface area (Å²) in [6, 6.07) is 6.67. The molecule has 1 fully saturated rings. The minimum absolute atomic E-state index is 0.0739. The maximum absolute atomic E-state index is 12.3. The van der Waals surface area contributed by atoms with E-state index in [4.69, 9.17) is 4.52 Å². The van der Waals surface area contributed by atoms with Gasteiger partial charge in [0.25, 0.3) is 0 Å². The van der Waals surface area contributed by atoms with Crippen molar-refractivity contribution >= 4 is 11.7 Å². The third kappa shape index (κ3) is 3.55. The van der Waals surface area contributed by atoms with Crippen molar-refractivity contribution in [3.05, 3.63) is 46.8 Å². The molecule has 2 amide bonds. The lowest BCUT2D eigenvalue weighted by atomic mass is 9.88. The molecule has 2 heterocycles. The zero-order chi connectivity index (χ0) is 16.4. The van der Waals surface area contributed by atoms with E-state index in [2.05, 4.69) is 42.5 Å². The largest absolute Gasteiger partial charge is 0.362 e. The SMILES string of the molecule is Cc1cc(C)cc(C2CCN(C(=O)Nc3conc3C)CC2)c1. The normalized spacial score (nSPS) is 15.7. The molecular formula is C18H23N3O2. The molecule has 0 aliphatic carbocycles. The third-order valence-electron chi connectivity index (χ3n) is 4.49. The Hall–Kier alpha value is -2.30. The van der Waals surface area contributed by atoms with Gasteiger partial charge in [-0.25, -0.2) is 4.79 Å². The molecule has 1 aromatic carbocycles. The van der Waals surface area contributed by atoms with Gasteiger partial charge in [-0.2, -0.15) is 0 Å². The Morgan fingerprint density at radius 1 is 1.17 bits per heavy atom. The standard InChI is InChI=1S/C18H23N3O2/c1-12-8-13(2)10-16(9-12)15-4-6-21(7-5-15)18(22)19-17-11-23-20-14(17)3/h8-11,15H,4-7H2,1-3H3,(H,19,22). The summed E-state index contributed by atoms with van der Waals surface area (Å²) in [6.45, 7) is 7.63. The van der Waals surface area contributed by atoms with E-state index < -0.39 is 0 Å². The molecule has 1 N–H and O–H groups in total. The maximum atomic E-state index is 12.3. The third-order valence-corrected chi connectivity index (χ3v) is 4.49. The average Bonchev–Trinajstić information content (AvgIpc) is 2.91. The van der Waals surface area contributed by atoms with Gasteiger partial charge in [0.2, 0.25) is 0 Å². The van der Waals surface area contributed by atoms with E-state index >= 15 is 0 Å². The molecule has 5 nitrogen and oxygen atoms in total. The van der Waals surface area contributed by atoms with Gasteiger partial charge in [-0.15, -0.1) is 0 Å². The summed E-state index contributed by atoms with van der Waals surface area (Å²) in [5.74, 6) is 0.537. The van der Waals surface area contributed by atoms with Gasteiger partial charge in [0.15, 0.2) is 0 Å². The molecule has 0 saturated carbocycles. The molecule has 1 aliphatic rings. The van der Waals surface area contributed by atoms with Crippen molar-refractivity contribution in [3.8, 4) is 0 Å². The van der Waals surface area contributed by atoms with Crippen LogP contribution in [0.4, 0.5) is 10.5 Å². The van der Waals surface area contributed by atoms with Crippen molar-refractivity contribution in [2.75, 3.05) is 18.4 Å². The van der Waals surface area contributed by atoms with Gasteiger partial charge in [0, 0.05) is 13.1 Å². The fourth-order valence-electron chi connectivity index (χ4n) is 3.27. The van der Waals surface area contributed by atoms with Crippen LogP contribution >= 0.6 is 0 Å². The molecule has 1 aromatic heterocycles. The number of urea groups is 1. The second-order valence-electron chi connectivity index (χ2n) is 6.43.